The zero-order chi connectivity index (χ0) is 91.7. The number of fused-ring (bicyclic) bond motifs is 4. The molecular weight excluding hydrogens is 1720 g/mol. The number of aromatic nitrogens is 12. The van der Waals surface area contributed by atoms with Crippen LogP contribution in [0.15, 0.2) is 110 Å². The number of anilines is 4. The van der Waals surface area contributed by atoms with E-state index in [9.17, 15) is 57.6 Å². The number of amides is 5. The highest BCUT2D eigenvalue weighted by Crippen LogP contribution is 2.51. The number of rotatable bonds is 23. The first kappa shape index (κ1) is 91.2. The summed E-state index contributed by atoms with van der Waals surface area (Å²) in [5.41, 5.74) is 12.3. The zero-order valence-electron chi connectivity index (χ0n) is 74.1. The Morgan fingerprint density at radius 1 is 0.449 bits per heavy atom. The summed E-state index contributed by atoms with van der Waals surface area (Å²) in [7, 11) is -2.98. The Balaban J connectivity index is 0.000000139. The van der Waals surface area contributed by atoms with E-state index in [0.29, 0.717) is 143 Å². The van der Waals surface area contributed by atoms with Crippen LogP contribution < -0.4 is 38.5 Å². The maximum atomic E-state index is 13.1. The molecule has 4 aromatic carbocycles. The van der Waals surface area contributed by atoms with Crippen molar-refractivity contribution in [1.82, 2.24) is 85.2 Å². The third-order valence-corrected chi connectivity index (χ3v) is 28.6. The van der Waals surface area contributed by atoms with Crippen LogP contribution in [-0.2, 0) is 44.8 Å². The first-order valence-electron chi connectivity index (χ1n) is 41.5. The van der Waals surface area contributed by atoms with Crippen LogP contribution in [0, 0.1) is 33.6 Å². The Labute approximate surface area is 741 Å². The van der Waals surface area contributed by atoms with E-state index in [0.717, 1.165) is 95.2 Å². The maximum Gasteiger partial charge on any atom is 0.410 e. The van der Waals surface area contributed by atoms with Crippen LogP contribution in [0.1, 0.15) is 188 Å². The molecule has 5 fully saturated rings. The van der Waals surface area contributed by atoms with Gasteiger partial charge in [-0.2, -0.15) is 25.1 Å². The molecule has 5 aliphatic rings. The number of hydrogen-bond acceptors (Lipinski definition) is 23. The van der Waals surface area contributed by atoms with E-state index in [2.05, 4.69) is 56.5 Å². The van der Waals surface area contributed by atoms with Gasteiger partial charge in [0.05, 0.1) is 69.8 Å². The molecule has 0 radical (unpaired) electrons. The lowest BCUT2D eigenvalue weighted by atomic mass is 9.96. The van der Waals surface area contributed by atoms with E-state index in [4.69, 9.17) is 9.84 Å². The maximum absolute atomic E-state index is 13.1. The third-order valence-electron chi connectivity index (χ3n) is 23.0. The van der Waals surface area contributed by atoms with Gasteiger partial charge in [0.2, 0.25) is 45.2 Å². The van der Waals surface area contributed by atoms with Crippen LogP contribution >= 0.6 is 11.3 Å². The molecule has 5 amide bonds. The van der Waals surface area contributed by atoms with E-state index >= 15 is 0 Å². The lowest BCUT2D eigenvalue weighted by Crippen LogP contribution is -2.52. The topological polar surface area (TPSA) is 418 Å². The van der Waals surface area contributed by atoms with Gasteiger partial charge in [0.1, 0.15) is 28.4 Å². The summed E-state index contributed by atoms with van der Waals surface area (Å²) in [6.07, 6.45) is 19.7. The van der Waals surface area contributed by atoms with Crippen molar-refractivity contribution in [1.29, 1.82) is 0 Å². The Bertz CT molecular complexity index is 6840. The molecule has 4 aliphatic carbocycles. The minimum atomic E-state index is -3.63. The number of nitrogens with one attached hydrogen (secondary N) is 4. The molecule has 0 spiro atoms. The summed E-state index contributed by atoms with van der Waals surface area (Å²) in [6, 6.07) is 25.7. The molecule has 12 aromatic rings. The van der Waals surface area contributed by atoms with Gasteiger partial charge >= 0.3 is 6.09 Å². The molecule has 4 N–H and O–H groups in total. The van der Waals surface area contributed by atoms with Crippen molar-refractivity contribution in [2.75, 3.05) is 111 Å². The number of likely N-dealkylation sites (tertiary alicyclic amines) is 1. The number of benzene rings is 4. The fourth-order valence-electron chi connectivity index (χ4n) is 15.2. The molecule has 9 heterocycles. The first-order valence-corrected chi connectivity index (χ1v) is 49.7. The molecule has 1 aliphatic heterocycles. The number of thiazole rings is 1. The molecule has 8 aromatic heterocycles. The van der Waals surface area contributed by atoms with Crippen LogP contribution in [0.3, 0.4) is 0 Å². The second-order valence-electron chi connectivity index (χ2n) is 34.0. The minimum absolute atomic E-state index is 0.173. The van der Waals surface area contributed by atoms with Gasteiger partial charge in [-0.1, -0.05) is 12.1 Å². The third kappa shape index (κ3) is 19.6. The van der Waals surface area contributed by atoms with Gasteiger partial charge in [0.25, 0.3) is 23.6 Å². The summed E-state index contributed by atoms with van der Waals surface area (Å²) in [5, 5.41) is 32.6. The van der Waals surface area contributed by atoms with Crippen LogP contribution in [-0.4, -0.2) is 227 Å². The Hall–Kier alpha value is -12.0. The number of nitrogens with zero attached hydrogens (tertiary/aromatic N) is 17. The Morgan fingerprint density at radius 3 is 1.17 bits per heavy atom. The average molecular weight is 1830 g/mol. The monoisotopic (exact) mass is 1830 g/mol. The summed E-state index contributed by atoms with van der Waals surface area (Å²) < 4.78 is 116. The zero-order valence-corrected chi connectivity index (χ0v) is 78.2. The predicted octanol–water partition coefficient (Wildman–Crippen LogP) is 11.1. The van der Waals surface area contributed by atoms with Gasteiger partial charge in [-0.15, -0.1) is 11.3 Å². The van der Waals surface area contributed by atoms with Gasteiger partial charge in [0, 0.05) is 120 Å². The number of sulfonamides is 4. The van der Waals surface area contributed by atoms with Gasteiger partial charge in [-0.05, 0) is 248 Å². The molecule has 672 valence electrons. The number of ether oxygens (including phenoxy) is 1. The molecular formula is C87H105N21O14S5. The molecule has 0 bridgehead atoms. The van der Waals surface area contributed by atoms with E-state index in [1.165, 1.54) is 74.7 Å². The fraction of sp³-hybridized carbons (Fsp3) is 0.414. The van der Waals surface area contributed by atoms with Crippen molar-refractivity contribution in [2.24, 2.45) is 5.92 Å². The Kier molecular flexibility index (Phi) is 25.4. The highest BCUT2D eigenvalue weighted by atomic mass is 32.2. The van der Waals surface area contributed by atoms with Crippen LogP contribution in [0.25, 0.3) is 66.2 Å². The van der Waals surface area contributed by atoms with Crippen molar-refractivity contribution >= 4 is 148 Å². The largest absolute Gasteiger partial charge is 0.444 e. The molecule has 17 rings (SSSR count). The van der Waals surface area contributed by atoms with Gasteiger partial charge in [-0.25, -0.2) is 72.4 Å². The molecule has 0 unspecified atom stereocenters. The minimum Gasteiger partial charge on any atom is -0.444 e. The second-order valence-corrected chi connectivity index (χ2v) is 43.2. The van der Waals surface area contributed by atoms with Gasteiger partial charge in [-0.3, -0.25) is 36.4 Å². The highest BCUT2D eigenvalue weighted by Gasteiger charge is 2.40. The van der Waals surface area contributed by atoms with E-state index in [1.807, 2.05) is 90.9 Å². The average Bonchev–Trinajstić information content (AvgIpc) is 1.61. The van der Waals surface area contributed by atoms with E-state index in [1.54, 1.807) is 119 Å². The lowest BCUT2D eigenvalue weighted by Gasteiger charge is -2.40. The number of carbonyl (C=O) groups is 5. The summed E-state index contributed by atoms with van der Waals surface area (Å²) in [6.45, 7) is 14.7. The van der Waals surface area contributed by atoms with Crippen molar-refractivity contribution in [3.63, 3.8) is 0 Å². The SMILES string of the molecule is CNC(=O)c1c2cc(C3CC3)c(N(C)S(C)(=O)=O)cc2nn1-c1cc(C)c(C)cn1.CNC(=O)c1c2cc(C3CC3)c(N(C)S(C)(=O)=O)cc2nn1-c1ccccn1.CNC(=O)c1c2cc(C3CC3)c(N(C)S(C)(=O)=O)cc2nn1-c1ncc(C)s1.CNC(=O)c1c2cc(C3CC3)c(N(CCC3CN(C(=O)OC(C)(C)C)C3)S(C)(=O)=O)cc2nn1-c1ccc(C)cn1. The number of carbonyl (C=O) groups excluding carboxylic acids is 5. The number of hydrogen-bond donors (Lipinski definition) is 4. The molecule has 1 saturated heterocycles. The summed E-state index contributed by atoms with van der Waals surface area (Å²) >= 11 is 1.44. The standard InChI is InChI=1S/C29H38N6O5S.C21H25N5O3S.C19H21N5O3S.C18H21N5O3S2/c1-18-7-10-25(31-15-18)35-26(27(36)30-5)22-13-21(20-8-9-20)24(14-23(22)32-35)34(41(6,38)39)12-11-19-16-33(17-19)28(37)40-29(2,3)4;1-12-8-19(23-11-13(12)2)26-20(21(27)22-3)16-9-15(14-6-7-14)18(10-17(16)24-26)25(4)30(5,28)29;1-20-19(25)18-14-10-13(12-7-8-12)16(23(2)28(3,26)27)11-15(14)22-24(18)17-6-4-5-9-21-17;1-10-9-20-18(27-10)23-16(17(24)19-2)13-7-12(11-5-6-11)15(8-14(13)21-23)22(3)28(4,25)26/h7,10,13-15,19-20H,8-9,11-12,16-17H2,1-6H3,(H,30,36);8-11,14H,6-7H2,1-5H3,(H,22,27);4-6,9-12H,7-8H2,1-3H3,(H,20,25);7-9,11H,5-6H2,1-4H3,(H,19,24). The first-order chi connectivity index (χ1) is 59.9. The van der Waals surface area contributed by atoms with E-state index < -0.39 is 45.7 Å². The van der Waals surface area contributed by atoms with Gasteiger partial charge in [0.15, 0.2) is 17.5 Å². The summed E-state index contributed by atoms with van der Waals surface area (Å²) in [4.78, 5) is 83.7. The van der Waals surface area contributed by atoms with Crippen molar-refractivity contribution in [3.05, 3.63) is 176 Å². The smallest absolute Gasteiger partial charge is 0.410 e. The molecule has 4 saturated carbocycles. The summed E-state index contributed by atoms with van der Waals surface area (Å²) in [5.74, 6) is 1.70. The van der Waals surface area contributed by atoms with Crippen molar-refractivity contribution in [2.45, 2.75) is 136 Å². The van der Waals surface area contributed by atoms with Crippen LogP contribution in [0.5, 0.6) is 0 Å². The number of aryl methyl sites for hydroxylation is 4. The fourth-order valence-corrected chi connectivity index (χ4v) is 18.4. The van der Waals surface area contributed by atoms with Crippen molar-refractivity contribution < 1.29 is 62.4 Å². The Morgan fingerprint density at radius 2 is 0.827 bits per heavy atom. The van der Waals surface area contributed by atoms with E-state index in [-0.39, 0.29) is 54.0 Å². The molecule has 35 nitrogen and oxygen atoms in total. The second kappa shape index (κ2) is 35.3. The molecule has 0 atom stereocenters. The molecule has 127 heavy (non-hydrogen) atoms. The van der Waals surface area contributed by atoms with Gasteiger partial charge < -0.3 is 30.9 Å². The van der Waals surface area contributed by atoms with Crippen LogP contribution in [0.2, 0.25) is 0 Å². The highest BCUT2D eigenvalue weighted by molar-refractivity contribution is 7.92. The van der Waals surface area contributed by atoms with Crippen molar-refractivity contribution in [3.8, 4) is 22.6 Å². The molecule has 40 heteroatoms. The normalized spacial score (nSPS) is 14.8. The van der Waals surface area contributed by atoms with Crippen LogP contribution in [0.4, 0.5) is 27.5 Å². The predicted molar refractivity (Wildman–Crippen MR) is 492 cm³/mol. The number of pyridine rings is 3. The quantitative estimate of drug-likeness (QED) is 0.0462. The lowest BCUT2D eigenvalue weighted by molar-refractivity contribution is -0.00176.